The van der Waals surface area contributed by atoms with Crippen LogP contribution >= 0.6 is 0 Å². The summed E-state index contributed by atoms with van der Waals surface area (Å²) in [6, 6.07) is 7.41. The fourth-order valence-corrected chi connectivity index (χ4v) is 1.39. The molecule has 0 fully saturated rings. The van der Waals surface area contributed by atoms with Gasteiger partial charge < -0.3 is 10.1 Å². The average molecular weight is 233 g/mol. The van der Waals surface area contributed by atoms with Crippen LogP contribution < -0.4 is 5.32 Å². The maximum Gasteiger partial charge on any atom is 0.338 e. The molecule has 3 heteroatoms. The fourth-order valence-electron chi connectivity index (χ4n) is 1.39. The van der Waals surface area contributed by atoms with Crippen molar-refractivity contribution >= 4 is 12.0 Å². The van der Waals surface area contributed by atoms with Crippen molar-refractivity contribution in [2.24, 2.45) is 0 Å². The van der Waals surface area contributed by atoms with Crippen molar-refractivity contribution in [1.82, 2.24) is 5.32 Å². The Kier molecular flexibility index (Phi) is 6.04. The molecule has 0 aliphatic rings. The SMILES string of the molecule is CCOC(=O)c1ccc(C=CCCNC)cc1. The van der Waals surface area contributed by atoms with Crippen LogP contribution in [0, 0.1) is 0 Å². The molecule has 0 aromatic heterocycles. The van der Waals surface area contributed by atoms with Crippen molar-refractivity contribution in [1.29, 1.82) is 0 Å². The highest BCUT2D eigenvalue weighted by atomic mass is 16.5. The minimum atomic E-state index is -0.266. The van der Waals surface area contributed by atoms with E-state index < -0.39 is 0 Å². The van der Waals surface area contributed by atoms with E-state index in [4.69, 9.17) is 4.74 Å². The van der Waals surface area contributed by atoms with Gasteiger partial charge in [0.1, 0.15) is 0 Å². The number of nitrogens with one attached hydrogen (secondary N) is 1. The van der Waals surface area contributed by atoms with Gasteiger partial charge in [-0.1, -0.05) is 24.3 Å². The highest BCUT2D eigenvalue weighted by molar-refractivity contribution is 5.89. The molecule has 0 saturated heterocycles. The zero-order chi connectivity index (χ0) is 12.5. The summed E-state index contributed by atoms with van der Waals surface area (Å²) in [4.78, 5) is 11.4. The first-order valence-electron chi connectivity index (χ1n) is 5.86. The predicted molar refractivity (Wildman–Crippen MR) is 70.0 cm³/mol. The molecule has 0 atom stereocenters. The van der Waals surface area contributed by atoms with E-state index in [1.807, 2.05) is 25.3 Å². The lowest BCUT2D eigenvalue weighted by molar-refractivity contribution is 0.0526. The van der Waals surface area contributed by atoms with E-state index in [9.17, 15) is 4.79 Å². The molecule has 17 heavy (non-hydrogen) atoms. The van der Waals surface area contributed by atoms with Gasteiger partial charge in [-0.3, -0.25) is 0 Å². The van der Waals surface area contributed by atoms with Crippen molar-refractivity contribution in [2.75, 3.05) is 20.2 Å². The van der Waals surface area contributed by atoms with Gasteiger partial charge >= 0.3 is 5.97 Å². The molecule has 0 aliphatic heterocycles. The second-order valence-electron chi connectivity index (χ2n) is 3.64. The summed E-state index contributed by atoms with van der Waals surface area (Å²) in [5.74, 6) is -0.266. The van der Waals surface area contributed by atoms with Crippen LogP contribution in [0.2, 0.25) is 0 Å². The van der Waals surface area contributed by atoms with Gasteiger partial charge in [0.2, 0.25) is 0 Å². The maximum absolute atomic E-state index is 11.4. The molecule has 0 saturated carbocycles. The van der Waals surface area contributed by atoms with Crippen LogP contribution in [0.3, 0.4) is 0 Å². The quantitative estimate of drug-likeness (QED) is 0.606. The largest absolute Gasteiger partial charge is 0.462 e. The summed E-state index contributed by atoms with van der Waals surface area (Å²) in [6.45, 7) is 3.18. The third kappa shape index (κ3) is 4.83. The summed E-state index contributed by atoms with van der Waals surface area (Å²) in [5.41, 5.74) is 1.69. The highest BCUT2D eigenvalue weighted by Gasteiger charge is 2.04. The first-order chi connectivity index (χ1) is 8.27. The van der Waals surface area contributed by atoms with Crippen LogP contribution in [0.15, 0.2) is 30.3 Å². The van der Waals surface area contributed by atoms with E-state index in [0.29, 0.717) is 12.2 Å². The van der Waals surface area contributed by atoms with Gasteiger partial charge in [0.15, 0.2) is 0 Å². The zero-order valence-corrected chi connectivity index (χ0v) is 10.4. The van der Waals surface area contributed by atoms with Gasteiger partial charge in [-0.25, -0.2) is 4.79 Å². The lowest BCUT2D eigenvalue weighted by Gasteiger charge is -2.01. The predicted octanol–water partition coefficient (Wildman–Crippen LogP) is 2.49. The molecular formula is C14H19NO2. The molecule has 3 nitrogen and oxygen atoms in total. The fraction of sp³-hybridized carbons (Fsp3) is 0.357. The minimum absolute atomic E-state index is 0.266. The third-order valence-corrected chi connectivity index (χ3v) is 2.29. The van der Waals surface area contributed by atoms with Gasteiger partial charge in [0.25, 0.3) is 0 Å². The van der Waals surface area contributed by atoms with Gasteiger partial charge in [0.05, 0.1) is 12.2 Å². The van der Waals surface area contributed by atoms with Crippen LogP contribution in [-0.2, 0) is 4.74 Å². The van der Waals surface area contributed by atoms with E-state index in [2.05, 4.69) is 11.4 Å². The van der Waals surface area contributed by atoms with Crippen molar-refractivity contribution in [3.05, 3.63) is 41.5 Å². The van der Waals surface area contributed by atoms with E-state index in [-0.39, 0.29) is 5.97 Å². The average Bonchev–Trinajstić information content (AvgIpc) is 2.36. The number of esters is 1. The minimum Gasteiger partial charge on any atom is -0.462 e. The number of hydrogen-bond donors (Lipinski definition) is 1. The Hall–Kier alpha value is -1.61. The smallest absolute Gasteiger partial charge is 0.338 e. The Morgan fingerprint density at radius 1 is 1.35 bits per heavy atom. The summed E-state index contributed by atoms with van der Waals surface area (Å²) in [6.07, 6.45) is 5.15. The number of hydrogen-bond acceptors (Lipinski definition) is 3. The lowest BCUT2D eigenvalue weighted by Crippen LogP contribution is -2.05. The summed E-state index contributed by atoms with van der Waals surface area (Å²) >= 11 is 0. The molecule has 1 aromatic carbocycles. The summed E-state index contributed by atoms with van der Waals surface area (Å²) in [5, 5.41) is 3.08. The number of rotatable bonds is 6. The molecular weight excluding hydrogens is 214 g/mol. The van der Waals surface area contributed by atoms with Crippen LogP contribution in [0.25, 0.3) is 6.08 Å². The van der Waals surface area contributed by atoms with Gasteiger partial charge in [-0.15, -0.1) is 0 Å². The first-order valence-corrected chi connectivity index (χ1v) is 5.86. The molecule has 0 amide bonds. The Balaban J connectivity index is 2.55. The third-order valence-electron chi connectivity index (χ3n) is 2.29. The van der Waals surface area contributed by atoms with Crippen LogP contribution in [0.5, 0.6) is 0 Å². The molecule has 0 spiro atoms. The number of benzene rings is 1. The molecule has 0 heterocycles. The molecule has 0 radical (unpaired) electrons. The second-order valence-corrected chi connectivity index (χ2v) is 3.64. The monoisotopic (exact) mass is 233 g/mol. The molecule has 0 aliphatic carbocycles. The van der Waals surface area contributed by atoms with E-state index in [0.717, 1.165) is 18.5 Å². The van der Waals surface area contributed by atoms with Crippen molar-refractivity contribution in [3.8, 4) is 0 Å². The lowest BCUT2D eigenvalue weighted by atomic mass is 10.1. The van der Waals surface area contributed by atoms with Gasteiger partial charge in [-0.05, 0) is 44.6 Å². The van der Waals surface area contributed by atoms with E-state index in [1.165, 1.54) is 0 Å². The topological polar surface area (TPSA) is 38.3 Å². The van der Waals surface area contributed by atoms with E-state index >= 15 is 0 Å². The van der Waals surface area contributed by atoms with Crippen molar-refractivity contribution in [3.63, 3.8) is 0 Å². The van der Waals surface area contributed by atoms with Crippen LogP contribution in [0.4, 0.5) is 0 Å². The Morgan fingerprint density at radius 3 is 2.65 bits per heavy atom. The second kappa shape index (κ2) is 7.63. The first kappa shape index (κ1) is 13.5. The van der Waals surface area contributed by atoms with E-state index in [1.54, 1.807) is 19.1 Å². The molecule has 1 N–H and O–H groups in total. The maximum atomic E-state index is 11.4. The number of carbonyl (C=O) groups excluding carboxylic acids is 1. The Bertz CT molecular complexity index is 368. The van der Waals surface area contributed by atoms with Crippen molar-refractivity contribution in [2.45, 2.75) is 13.3 Å². The zero-order valence-electron chi connectivity index (χ0n) is 10.4. The summed E-state index contributed by atoms with van der Waals surface area (Å²) < 4.78 is 4.92. The van der Waals surface area contributed by atoms with Crippen LogP contribution in [-0.4, -0.2) is 26.2 Å². The number of ether oxygens (including phenoxy) is 1. The molecule has 0 unspecified atom stereocenters. The van der Waals surface area contributed by atoms with Crippen LogP contribution in [0.1, 0.15) is 29.3 Å². The molecule has 0 bridgehead atoms. The normalized spacial score (nSPS) is 10.7. The van der Waals surface area contributed by atoms with Gasteiger partial charge in [-0.2, -0.15) is 0 Å². The highest BCUT2D eigenvalue weighted by Crippen LogP contribution is 2.07. The molecule has 92 valence electrons. The Labute approximate surface area is 102 Å². The molecule has 1 rings (SSSR count). The molecule has 1 aromatic rings. The van der Waals surface area contributed by atoms with Gasteiger partial charge in [0, 0.05) is 0 Å². The summed E-state index contributed by atoms with van der Waals surface area (Å²) in [7, 11) is 1.93. The number of carbonyl (C=O) groups is 1. The standard InChI is InChI=1S/C14H19NO2/c1-3-17-14(16)13-9-7-12(8-10-13)6-4-5-11-15-2/h4,6-10,15H,3,5,11H2,1-2H3. The van der Waals surface area contributed by atoms with Crippen molar-refractivity contribution < 1.29 is 9.53 Å². The Morgan fingerprint density at radius 2 is 2.06 bits per heavy atom.